The van der Waals surface area contributed by atoms with Gasteiger partial charge in [0.05, 0.1) is 0 Å². The molecule has 0 radical (unpaired) electrons. The Kier molecular flexibility index (Phi) is 6.39. The van der Waals surface area contributed by atoms with Gasteiger partial charge < -0.3 is 0 Å². The Bertz CT molecular complexity index is 110. The normalized spacial score (nSPS) is 14.4. The van der Waals surface area contributed by atoms with E-state index in [1.165, 1.54) is 13.6 Å². The van der Waals surface area contributed by atoms with Gasteiger partial charge in [-0.25, -0.2) is 0 Å². The van der Waals surface area contributed by atoms with Gasteiger partial charge in [0, 0.05) is 0 Å². The van der Waals surface area contributed by atoms with Gasteiger partial charge in [-0.3, -0.25) is 0 Å². The van der Waals surface area contributed by atoms with E-state index in [-0.39, 0.29) is 35.0 Å². The first kappa shape index (κ1) is 12.5. The molecular weight excluding hydrogens is 152 g/mol. The molecule has 0 fully saturated rings. The molecule has 0 amide bonds. The second-order valence-corrected chi connectivity index (χ2v) is 4.47. The fourth-order valence-corrected chi connectivity index (χ4v) is 0.284. The fraction of sp³-hybridized carbons (Fsp3) is 0.667. The summed E-state index contributed by atoms with van der Waals surface area (Å²) in [4.78, 5) is 17.4. The zero-order chi connectivity index (χ0) is 6.78. The molecule has 0 unspecified atom stereocenters. The van der Waals surface area contributed by atoms with Crippen molar-refractivity contribution in [3.63, 3.8) is 0 Å². The average Bonchev–Trinajstić information content (AvgIpc) is 1.62. The second kappa shape index (κ2) is 4.61. The van der Waals surface area contributed by atoms with E-state index in [2.05, 4.69) is 5.16 Å². The molecule has 0 spiro atoms. The van der Waals surface area contributed by atoms with Gasteiger partial charge in [0.2, 0.25) is 0 Å². The molecule has 0 saturated heterocycles. The number of oxime groups is 1. The van der Waals surface area contributed by atoms with Crippen LogP contribution in [0.25, 0.3) is 0 Å². The fourth-order valence-electron chi connectivity index (χ4n) is 0.0947. The van der Waals surface area contributed by atoms with Gasteiger partial charge in [0.25, 0.3) is 0 Å². The van der Waals surface area contributed by atoms with E-state index in [0.717, 1.165) is 0 Å². The predicted octanol–water partition coefficient (Wildman–Crippen LogP) is -0.660. The van der Waals surface area contributed by atoms with Crippen molar-refractivity contribution in [2.45, 2.75) is 6.92 Å². The molecule has 6 heteroatoms. The summed E-state index contributed by atoms with van der Waals surface area (Å²) in [6, 6.07) is 0. The molecule has 9 heavy (non-hydrogen) atoms. The number of hydrogen-bond donors (Lipinski definition) is 3. The molecule has 0 atom stereocenters. The Balaban J connectivity index is 0. The number of hydrogen-bond acceptors (Lipinski definition) is 4. The summed E-state index contributed by atoms with van der Waals surface area (Å²) in [5, 5.41) is 10.6. The van der Waals surface area contributed by atoms with Crippen molar-refractivity contribution in [1.82, 2.24) is 0 Å². The van der Waals surface area contributed by atoms with Crippen LogP contribution in [0.15, 0.2) is 5.16 Å². The van der Waals surface area contributed by atoms with Gasteiger partial charge in [-0.05, 0) is 0 Å². The van der Waals surface area contributed by atoms with E-state index in [1.807, 2.05) is 0 Å². The molecule has 0 heterocycles. The Labute approximate surface area is 76.4 Å². The molecule has 0 rings (SSSR count). The van der Waals surface area contributed by atoms with Crippen molar-refractivity contribution in [2.24, 2.45) is 5.16 Å². The Morgan fingerprint density at radius 1 is 1.44 bits per heavy atom. The quantitative estimate of drug-likeness (QED) is 0.158. The van der Waals surface area contributed by atoms with Gasteiger partial charge in [-0.15, -0.1) is 0 Å². The van der Waals surface area contributed by atoms with E-state index < -0.39 is 7.72 Å². The van der Waals surface area contributed by atoms with E-state index in [0.29, 0.717) is 0 Å². The van der Waals surface area contributed by atoms with Crippen LogP contribution in [0.1, 0.15) is 6.92 Å². The minimum absolute atomic E-state index is 0. The van der Waals surface area contributed by atoms with E-state index >= 15 is 0 Å². The minimum atomic E-state index is -3.26. The van der Waals surface area contributed by atoms with Gasteiger partial charge in [0.1, 0.15) is 0 Å². The third-order valence-electron chi connectivity index (χ3n) is 0.835. The first-order valence-electron chi connectivity index (χ1n) is 2.12. The van der Waals surface area contributed by atoms with Gasteiger partial charge in [-0.2, -0.15) is 0 Å². The molecule has 0 saturated carbocycles. The maximum absolute atomic E-state index is 8.69. The van der Waals surface area contributed by atoms with Crippen LogP contribution in [-0.4, -0.2) is 56.7 Å². The Morgan fingerprint density at radius 3 is 1.78 bits per heavy atom. The zero-order valence-corrected chi connectivity index (χ0v) is 5.79. The molecule has 0 aliphatic rings. The van der Waals surface area contributed by atoms with Crippen molar-refractivity contribution < 1.29 is 15.0 Å². The standard InChI is InChI=1S/C3H10NO3P.Na.H/c1-3(4-5)8(2,6)7;;/h5-8H,1-2H3;;. The van der Waals surface area contributed by atoms with Crippen molar-refractivity contribution in [1.29, 1.82) is 0 Å². The molecule has 4 nitrogen and oxygen atoms in total. The topological polar surface area (TPSA) is 73.1 Å². The van der Waals surface area contributed by atoms with Gasteiger partial charge in [0.15, 0.2) is 0 Å². The predicted molar refractivity (Wildman–Crippen MR) is 40.7 cm³/mol. The van der Waals surface area contributed by atoms with Crippen LogP contribution in [-0.2, 0) is 0 Å². The van der Waals surface area contributed by atoms with Crippen LogP contribution in [0.3, 0.4) is 0 Å². The third-order valence-corrected chi connectivity index (χ3v) is 2.31. The van der Waals surface area contributed by atoms with Crippen molar-refractivity contribution in [2.75, 3.05) is 6.66 Å². The summed E-state index contributed by atoms with van der Waals surface area (Å²) >= 11 is 0. The van der Waals surface area contributed by atoms with Gasteiger partial charge >= 0.3 is 76.5 Å². The van der Waals surface area contributed by atoms with Crippen LogP contribution in [0, 0.1) is 0 Å². The van der Waals surface area contributed by atoms with Crippen LogP contribution in [0.5, 0.6) is 0 Å². The molecule has 52 valence electrons. The average molecular weight is 163 g/mol. The van der Waals surface area contributed by atoms with Gasteiger partial charge in [-0.1, -0.05) is 0 Å². The first-order chi connectivity index (χ1) is 3.48. The monoisotopic (exact) mass is 163 g/mol. The summed E-state index contributed by atoms with van der Waals surface area (Å²) in [6.45, 7) is 2.62. The Hall–Kier alpha value is 0.820. The summed E-state index contributed by atoms with van der Waals surface area (Å²) in [6.07, 6.45) is 0. The SMILES string of the molecule is CC(=NO)[PH](C)(O)O.[NaH]. The van der Waals surface area contributed by atoms with E-state index in [1.54, 1.807) is 0 Å². The van der Waals surface area contributed by atoms with E-state index in [9.17, 15) is 0 Å². The molecule has 0 aliphatic carbocycles. The van der Waals surface area contributed by atoms with Crippen LogP contribution in [0.2, 0.25) is 0 Å². The maximum atomic E-state index is 8.69. The summed E-state index contributed by atoms with van der Waals surface area (Å²) < 4.78 is 0. The third kappa shape index (κ3) is 5.27. The van der Waals surface area contributed by atoms with E-state index in [4.69, 9.17) is 15.0 Å². The van der Waals surface area contributed by atoms with Crippen molar-refractivity contribution >= 4 is 42.7 Å². The summed E-state index contributed by atoms with van der Waals surface area (Å²) in [5.74, 6) is 0. The molecule has 0 aromatic heterocycles. The van der Waals surface area contributed by atoms with Crippen LogP contribution in [0.4, 0.5) is 0 Å². The molecule has 0 aromatic rings. The molecule has 0 aliphatic heterocycles. The summed E-state index contributed by atoms with van der Waals surface area (Å²) in [7, 11) is -3.26. The number of nitrogens with zero attached hydrogens (tertiary/aromatic N) is 1. The van der Waals surface area contributed by atoms with Crippen molar-refractivity contribution in [3.05, 3.63) is 0 Å². The van der Waals surface area contributed by atoms with Crippen molar-refractivity contribution in [3.8, 4) is 0 Å². The molecule has 0 bridgehead atoms. The molecule has 3 N–H and O–H groups in total. The summed E-state index contributed by atoms with van der Waals surface area (Å²) in [5.41, 5.74) is 0.0116. The van der Waals surface area contributed by atoms with Crippen LogP contribution < -0.4 is 0 Å². The Morgan fingerprint density at radius 2 is 1.78 bits per heavy atom. The first-order valence-corrected chi connectivity index (χ1v) is 4.52. The second-order valence-electron chi connectivity index (χ2n) is 1.71. The number of rotatable bonds is 1. The molecular formula is C3H11NNaO3P. The molecule has 0 aromatic carbocycles. The zero-order valence-electron chi connectivity index (χ0n) is 4.79. The van der Waals surface area contributed by atoms with Crippen LogP contribution >= 0.6 is 7.72 Å².